The number of hydrogen-bond acceptors (Lipinski definition) is 5. The topological polar surface area (TPSA) is 105 Å². The average molecular weight is 482 g/mol. The summed E-state index contributed by atoms with van der Waals surface area (Å²) in [5, 5.41) is 5.35. The quantitative estimate of drug-likeness (QED) is 0.698. The molecule has 0 atom stereocenters. The first-order chi connectivity index (χ1) is 15.1. The van der Waals surface area contributed by atoms with Crippen molar-refractivity contribution in [3.05, 3.63) is 46.7 Å². The zero-order chi connectivity index (χ0) is 23.0. The summed E-state index contributed by atoms with van der Waals surface area (Å²) in [5.74, 6) is -1.10. The van der Waals surface area contributed by atoms with Crippen LogP contribution in [0.4, 0.5) is 15.8 Å². The van der Waals surface area contributed by atoms with Crippen molar-refractivity contribution in [2.45, 2.75) is 24.7 Å². The SMILES string of the molecule is Cc1cc(F)ccc1NC(=O)C1CCN(S(=O)(=O)c2cc3c(cc2Cl)NC(=O)CO3)CC1. The molecule has 11 heteroatoms. The van der Waals surface area contributed by atoms with Gasteiger partial charge in [0.15, 0.2) is 6.61 Å². The normalized spacial score (nSPS) is 17.3. The first kappa shape index (κ1) is 22.5. The predicted molar refractivity (Wildman–Crippen MR) is 117 cm³/mol. The minimum atomic E-state index is -3.92. The fraction of sp³-hybridized carbons (Fsp3) is 0.333. The zero-order valence-electron chi connectivity index (χ0n) is 17.2. The number of carbonyl (C=O) groups is 2. The largest absolute Gasteiger partial charge is 0.482 e. The molecule has 0 spiro atoms. The van der Waals surface area contributed by atoms with E-state index >= 15 is 0 Å². The molecule has 0 bridgehead atoms. The highest BCUT2D eigenvalue weighted by Gasteiger charge is 2.34. The maximum absolute atomic E-state index is 13.3. The third-order valence-corrected chi connectivity index (χ3v) is 7.92. The molecule has 0 radical (unpaired) electrons. The molecule has 0 aliphatic carbocycles. The van der Waals surface area contributed by atoms with Crippen LogP contribution in [0, 0.1) is 18.7 Å². The van der Waals surface area contributed by atoms with Crippen LogP contribution in [-0.4, -0.2) is 44.2 Å². The Kier molecular flexibility index (Phi) is 6.11. The number of hydrogen-bond donors (Lipinski definition) is 2. The number of piperidine rings is 1. The van der Waals surface area contributed by atoms with Crippen LogP contribution in [0.25, 0.3) is 0 Å². The number of halogens is 2. The highest BCUT2D eigenvalue weighted by atomic mass is 35.5. The van der Waals surface area contributed by atoms with E-state index in [0.717, 1.165) is 0 Å². The molecule has 0 unspecified atom stereocenters. The first-order valence-corrected chi connectivity index (χ1v) is 11.8. The minimum Gasteiger partial charge on any atom is -0.482 e. The third-order valence-electron chi connectivity index (χ3n) is 5.56. The number of nitrogens with zero attached hydrogens (tertiary/aromatic N) is 1. The lowest BCUT2D eigenvalue weighted by Gasteiger charge is -2.31. The first-order valence-electron chi connectivity index (χ1n) is 9.98. The molecule has 0 aromatic heterocycles. The number of ether oxygens (including phenoxy) is 1. The molecule has 1 fully saturated rings. The molecule has 2 aliphatic heterocycles. The van der Waals surface area contributed by atoms with E-state index in [-0.39, 0.29) is 58.9 Å². The van der Waals surface area contributed by atoms with Crippen molar-refractivity contribution in [1.82, 2.24) is 4.31 Å². The molecule has 2 aliphatic rings. The Labute approximate surface area is 189 Å². The summed E-state index contributed by atoms with van der Waals surface area (Å²) < 4.78 is 46.2. The summed E-state index contributed by atoms with van der Waals surface area (Å²) in [7, 11) is -3.92. The van der Waals surface area contributed by atoms with Gasteiger partial charge in [0.25, 0.3) is 5.91 Å². The number of benzene rings is 2. The van der Waals surface area contributed by atoms with E-state index in [1.165, 1.54) is 34.6 Å². The number of nitrogens with one attached hydrogen (secondary N) is 2. The lowest BCUT2D eigenvalue weighted by molar-refractivity contribution is -0.121. The van der Waals surface area contributed by atoms with Gasteiger partial charge in [-0.1, -0.05) is 11.6 Å². The number of anilines is 2. The molecule has 2 heterocycles. The second-order valence-corrected chi connectivity index (χ2v) is 10.1. The van der Waals surface area contributed by atoms with Crippen LogP contribution < -0.4 is 15.4 Å². The second-order valence-electron chi connectivity index (χ2n) is 7.74. The molecule has 0 saturated carbocycles. The number of fused-ring (bicyclic) bond motifs is 1. The fourth-order valence-electron chi connectivity index (χ4n) is 3.78. The van der Waals surface area contributed by atoms with E-state index in [4.69, 9.17) is 16.3 Å². The van der Waals surface area contributed by atoms with Crippen LogP contribution in [0.2, 0.25) is 5.02 Å². The van der Waals surface area contributed by atoms with Gasteiger partial charge in [0.2, 0.25) is 15.9 Å². The summed E-state index contributed by atoms with van der Waals surface area (Å²) in [6.07, 6.45) is 0.668. The van der Waals surface area contributed by atoms with Crippen molar-refractivity contribution in [3.8, 4) is 5.75 Å². The summed E-state index contributed by atoms with van der Waals surface area (Å²) >= 11 is 6.20. The van der Waals surface area contributed by atoms with Crippen molar-refractivity contribution in [2.75, 3.05) is 30.3 Å². The van der Waals surface area contributed by atoms with Gasteiger partial charge in [0.1, 0.15) is 16.5 Å². The number of sulfonamides is 1. The summed E-state index contributed by atoms with van der Waals surface area (Å²) in [6.45, 7) is 1.79. The third kappa shape index (κ3) is 4.43. The lowest BCUT2D eigenvalue weighted by atomic mass is 9.97. The Morgan fingerprint density at radius 3 is 2.66 bits per heavy atom. The minimum absolute atomic E-state index is 0.0267. The number of rotatable bonds is 4. The highest BCUT2D eigenvalue weighted by Crippen LogP contribution is 2.37. The average Bonchev–Trinajstić information content (AvgIpc) is 2.75. The molecule has 170 valence electrons. The number of amides is 2. The predicted octanol–water partition coefficient (Wildman–Crippen LogP) is 3.16. The standard InChI is InChI=1S/C21H21ClFN3O5S/c1-12-8-14(23)2-3-16(12)25-21(28)13-4-6-26(7-5-13)32(29,30)19-10-18-17(9-15(19)22)24-20(27)11-31-18/h2-3,8-10,13H,4-7,11H2,1H3,(H,24,27)(H,25,28). The van der Waals surface area contributed by atoms with Gasteiger partial charge in [0.05, 0.1) is 10.7 Å². The van der Waals surface area contributed by atoms with Gasteiger partial charge in [-0.2, -0.15) is 4.31 Å². The Morgan fingerprint density at radius 1 is 1.25 bits per heavy atom. The van der Waals surface area contributed by atoms with Crippen LogP contribution in [0.15, 0.2) is 35.2 Å². The van der Waals surface area contributed by atoms with E-state index < -0.39 is 10.0 Å². The Balaban J connectivity index is 1.44. The fourth-order valence-corrected chi connectivity index (χ4v) is 5.77. The van der Waals surface area contributed by atoms with Gasteiger partial charge < -0.3 is 15.4 Å². The lowest BCUT2D eigenvalue weighted by Crippen LogP contribution is -2.41. The number of aryl methyl sites for hydroxylation is 1. The van der Waals surface area contributed by atoms with Crippen molar-refractivity contribution >= 4 is 44.8 Å². The van der Waals surface area contributed by atoms with Gasteiger partial charge in [-0.3, -0.25) is 9.59 Å². The Morgan fingerprint density at radius 2 is 1.97 bits per heavy atom. The van der Waals surface area contributed by atoms with Crippen LogP contribution >= 0.6 is 11.6 Å². The molecule has 32 heavy (non-hydrogen) atoms. The molecule has 2 aromatic rings. The van der Waals surface area contributed by atoms with Crippen LogP contribution in [0.5, 0.6) is 5.75 Å². The monoisotopic (exact) mass is 481 g/mol. The molecule has 2 amide bonds. The van der Waals surface area contributed by atoms with E-state index in [1.807, 2.05) is 0 Å². The number of carbonyl (C=O) groups excluding carboxylic acids is 2. The van der Waals surface area contributed by atoms with Gasteiger partial charge in [-0.25, -0.2) is 12.8 Å². The van der Waals surface area contributed by atoms with E-state index in [0.29, 0.717) is 29.8 Å². The zero-order valence-corrected chi connectivity index (χ0v) is 18.7. The van der Waals surface area contributed by atoms with Crippen LogP contribution in [-0.2, 0) is 19.6 Å². The molecule has 2 N–H and O–H groups in total. The van der Waals surface area contributed by atoms with E-state index in [1.54, 1.807) is 6.92 Å². The molecular formula is C21H21ClFN3O5S. The highest BCUT2D eigenvalue weighted by molar-refractivity contribution is 7.89. The van der Waals surface area contributed by atoms with Crippen LogP contribution in [0.3, 0.4) is 0 Å². The second kappa shape index (κ2) is 8.68. The van der Waals surface area contributed by atoms with Gasteiger partial charge >= 0.3 is 0 Å². The van der Waals surface area contributed by atoms with E-state index in [2.05, 4.69) is 10.6 Å². The maximum Gasteiger partial charge on any atom is 0.262 e. The Bertz CT molecular complexity index is 1200. The van der Waals surface area contributed by atoms with Crippen LogP contribution in [0.1, 0.15) is 18.4 Å². The summed E-state index contributed by atoms with van der Waals surface area (Å²) in [6, 6.07) is 6.77. The van der Waals surface area contributed by atoms with Crippen molar-refractivity contribution < 1.29 is 27.1 Å². The van der Waals surface area contributed by atoms with Gasteiger partial charge in [-0.15, -0.1) is 0 Å². The molecule has 2 aromatic carbocycles. The van der Waals surface area contributed by atoms with Crippen molar-refractivity contribution in [3.63, 3.8) is 0 Å². The maximum atomic E-state index is 13.3. The van der Waals surface area contributed by atoms with E-state index in [9.17, 15) is 22.4 Å². The Hall–Kier alpha value is -2.69. The summed E-state index contributed by atoms with van der Waals surface area (Å²) in [5.41, 5.74) is 1.45. The molecular weight excluding hydrogens is 461 g/mol. The van der Waals surface area contributed by atoms with Gasteiger partial charge in [0, 0.05) is 30.8 Å². The smallest absolute Gasteiger partial charge is 0.262 e. The summed E-state index contributed by atoms with van der Waals surface area (Å²) in [4.78, 5) is 24.0. The van der Waals surface area contributed by atoms with Crippen molar-refractivity contribution in [2.24, 2.45) is 5.92 Å². The molecule has 8 nitrogen and oxygen atoms in total. The van der Waals surface area contributed by atoms with Crippen molar-refractivity contribution in [1.29, 1.82) is 0 Å². The molecule has 4 rings (SSSR count). The van der Waals surface area contributed by atoms with Gasteiger partial charge in [-0.05, 0) is 49.6 Å². The molecule has 1 saturated heterocycles.